The van der Waals surface area contributed by atoms with Crippen LogP contribution in [0.15, 0.2) is 42.5 Å². The molecule has 0 aliphatic rings. The number of carbonyl (C=O) groups is 2. The Balaban J connectivity index is 2.07. The molecule has 0 saturated heterocycles. The topological polar surface area (TPSA) is 84.2 Å². The Morgan fingerprint density at radius 2 is 1.74 bits per heavy atom. The molecule has 0 unspecified atom stereocenters. The summed E-state index contributed by atoms with van der Waals surface area (Å²) in [6.07, 6.45) is 0. The summed E-state index contributed by atoms with van der Waals surface area (Å²) in [5.41, 5.74) is 6.04. The second kappa shape index (κ2) is 6.87. The maximum absolute atomic E-state index is 13.6. The van der Waals surface area contributed by atoms with Crippen LogP contribution in [-0.4, -0.2) is 11.9 Å². The van der Waals surface area contributed by atoms with Crippen molar-refractivity contribution in [1.82, 2.24) is 5.32 Å². The molecular weight excluding hydrogens is 304 g/mol. The zero-order valence-electron chi connectivity index (χ0n) is 12.3. The van der Waals surface area contributed by atoms with Crippen LogP contribution in [0, 0.1) is 11.6 Å². The minimum atomic E-state index is -0.921. The van der Waals surface area contributed by atoms with E-state index in [0.717, 1.165) is 17.7 Å². The van der Waals surface area contributed by atoms with Crippen LogP contribution >= 0.6 is 0 Å². The first-order valence-electron chi connectivity index (χ1n) is 6.79. The minimum Gasteiger partial charge on any atom is -0.351 e. The van der Waals surface area contributed by atoms with E-state index >= 15 is 0 Å². The van der Waals surface area contributed by atoms with Crippen LogP contribution in [0.5, 0.6) is 0 Å². The van der Waals surface area contributed by atoms with Crippen LogP contribution in [0.2, 0.25) is 0 Å². The molecule has 4 N–H and O–H groups in total. The Morgan fingerprint density at radius 1 is 1.09 bits per heavy atom. The third-order valence-electron chi connectivity index (χ3n) is 3.20. The minimum absolute atomic E-state index is 0.231. The average molecular weight is 319 g/mol. The molecule has 2 aromatic carbocycles. The molecule has 1 atom stereocenters. The van der Waals surface area contributed by atoms with Crippen LogP contribution in [0.1, 0.15) is 28.9 Å². The van der Waals surface area contributed by atoms with Gasteiger partial charge in [-0.25, -0.2) is 13.6 Å². The molecule has 0 aromatic heterocycles. The molecule has 0 saturated carbocycles. The van der Waals surface area contributed by atoms with Crippen LogP contribution in [-0.2, 0) is 0 Å². The van der Waals surface area contributed by atoms with Crippen molar-refractivity contribution in [2.75, 3.05) is 5.32 Å². The van der Waals surface area contributed by atoms with Crippen molar-refractivity contribution in [2.24, 2.45) is 5.73 Å². The first-order valence-corrected chi connectivity index (χ1v) is 6.79. The highest BCUT2D eigenvalue weighted by Gasteiger charge is 2.15. The molecule has 0 radical (unpaired) electrons. The first kappa shape index (κ1) is 16.4. The van der Waals surface area contributed by atoms with Crippen molar-refractivity contribution in [3.63, 3.8) is 0 Å². The van der Waals surface area contributed by atoms with Gasteiger partial charge in [0.1, 0.15) is 11.6 Å². The van der Waals surface area contributed by atoms with Gasteiger partial charge in [0.25, 0.3) is 5.91 Å². The fourth-order valence-electron chi connectivity index (χ4n) is 2.03. The molecule has 5 nitrogen and oxygen atoms in total. The van der Waals surface area contributed by atoms with E-state index in [1.165, 1.54) is 0 Å². The van der Waals surface area contributed by atoms with Crippen molar-refractivity contribution >= 4 is 17.6 Å². The van der Waals surface area contributed by atoms with Crippen molar-refractivity contribution in [3.05, 3.63) is 65.2 Å². The summed E-state index contributed by atoms with van der Waals surface area (Å²) in [7, 11) is 0. The first-order chi connectivity index (χ1) is 10.9. The quantitative estimate of drug-likeness (QED) is 0.809. The van der Waals surface area contributed by atoms with Gasteiger partial charge in [0, 0.05) is 11.8 Å². The molecule has 120 valence electrons. The number of benzene rings is 2. The second-order valence-electron chi connectivity index (χ2n) is 4.93. The van der Waals surface area contributed by atoms with Crippen LogP contribution < -0.4 is 16.4 Å². The number of amides is 3. The van der Waals surface area contributed by atoms with E-state index in [1.54, 1.807) is 31.2 Å². The van der Waals surface area contributed by atoms with Gasteiger partial charge < -0.3 is 16.4 Å². The van der Waals surface area contributed by atoms with Crippen molar-refractivity contribution in [3.8, 4) is 0 Å². The number of hydrogen-bond acceptors (Lipinski definition) is 2. The number of halogens is 2. The van der Waals surface area contributed by atoms with Gasteiger partial charge in [-0.1, -0.05) is 12.1 Å². The standard InChI is InChI=1S/C16H15F2N3O2/c1-9(10-2-5-12(6-3-10)21-16(19)23)20-15(22)13-7-4-11(17)8-14(13)18/h2-9H,1H3,(H,20,22)(H3,19,21,23)/t9-/m1/s1. The van der Waals surface area contributed by atoms with E-state index in [0.29, 0.717) is 11.8 Å². The number of rotatable bonds is 4. The third kappa shape index (κ3) is 4.26. The average Bonchev–Trinajstić information content (AvgIpc) is 2.47. The van der Waals surface area contributed by atoms with Gasteiger partial charge in [-0.2, -0.15) is 0 Å². The van der Waals surface area contributed by atoms with E-state index in [-0.39, 0.29) is 5.56 Å². The van der Waals surface area contributed by atoms with Crippen LogP contribution in [0.3, 0.4) is 0 Å². The SMILES string of the molecule is C[C@@H](NC(=O)c1ccc(F)cc1F)c1ccc(NC(N)=O)cc1. The predicted molar refractivity (Wildman–Crippen MR) is 81.9 cm³/mol. The Labute approximate surface area is 131 Å². The summed E-state index contributed by atoms with van der Waals surface area (Å²) < 4.78 is 26.4. The summed E-state index contributed by atoms with van der Waals surface area (Å²) in [5.74, 6) is -2.31. The van der Waals surface area contributed by atoms with Gasteiger partial charge in [-0.05, 0) is 36.8 Å². The number of urea groups is 1. The van der Waals surface area contributed by atoms with Crippen molar-refractivity contribution in [1.29, 1.82) is 0 Å². The molecular formula is C16H15F2N3O2. The molecule has 0 spiro atoms. The second-order valence-corrected chi connectivity index (χ2v) is 4.93. The van der Waals surface area contributed by atoms with E-state index < -0.39 is 29.6 Å². The number of carbonyl (C=O) groups excluding carboxylic acids is 2. The third-order valence-corrected chi connectivity index (χ3v) is 3.20. The lowest BCUT2D eigenvalue weighted by Crippen LogP contribution is -2.27. The van der Waals surface area contributed by atoms with Crippen LogP contribution in [0.25, 0.3) is 0 Å². The molecule has 2 aromatic rings. The lowest BCUT2D eigenvalue weighted by Gasteiger charge is -2.15. The number of nitrogens with one attached hydrogen (secondary N) is 2. The van der Waals surface area contributed by atoms with Crippen LogP contribution in [0.4, 0.5) is 19.3 Å². The smallest absolute Gasteiger partial charge is 0.316 e. The lowest BCUT2D eigenvalue weighted by molar-refractivity contribution is 0.0935. The Bertz CT molecular complexity index is 733. The highest BCUT2D eigenvalue weighted by molar-refractivity contribution is 5.94. The maximum Gasteiger partial charge on any atom is 0.316 e. The largest absolute Gasteiger partial charge is 0.351 e. The van der Waals surface area contributed by atoms with E-state index in [1.807, 2.05) is 0 Å². The monoisotopic (exact) mass is 319 g/mol. The van der Waals surface area contributed by atoms with E-state index in [4.69, 9.17) is 5.73 Å². The van der Waals surface area contributed by atoms with E-state index in [9.17, 15) is 18.4 Å². The molecule has 7 heteroatoms. The Kier molecular flexibility index (Phi) is 4.90. The summed E-state index contributed by atoms with van der Waals surface area (Å²) in [6.45, 7) is 1.72. The molecule has 23 heavy (non-hydrogen) atoms. The zero-order valence-corrected chi connectivity index (χ0v) is 12.3. The zero-order chi connectivity index (χ0) is 17.0. The highest BCUT2D eigenvalue weighted by Crippen LogP contribution is 2.17. The predicted octanol–water partition coefficient (Wildman–Crippen LogP) is 2.95. The van der Waals surface area contributed by atoms with Gasteiger partial charge in [-0.3, -0.25) is 4.79 Å². The summed E-state index contributed by atoms with van der Waals surface area (Å²) in [5, 5.41) is 5.04. The molecule has 0 bridgehead atoms. The molecule has 0 aliphatic carbocycles. The van der Waals surface area contributed by atoms with Gasteiger partial charge in [0.15, 0.2) is 0 Å². The van der Waals surface area contributed by atoms with Crippen molar-refractivity contribution < 1.29 is 18.4 Å². The summed E-state index contributed by atoms with van der Waals surface area (Å²) in [4.78, 5) is 22.8. The fourth-order valence-corrected chi connectivity index (χ4v) is 2.03. The van der Waals surface area contributed by atoms with Gasteiger partial charge >= 0.3 is 6.03 Å². The van der Waals surface area contributed by atoms with Gasteiger partial charge in [0.2, 0.25) is 0 Å². The lowest BCUT2D eigenvalue weighted by atomic mass is 10.1. The molecule has 0 aliphatic heterocycles. The van der Waals surface area contributed by atoms with E-state index in [2.05, 4.69) is 10.6 Å². The maximum atomic E-state index is 13.6. The molecule has 3 amide bonds. The van der Waals surface area contributed by atoms with Crippen molar-refractivity contribution in [2.45, 2.75) is 13.0 Å². The number of nitrogens with two attached hydrogens (primary N) is 1. The Morgan fingerprint density at radius 3 is 2.30 bits per heavy atom. The number of anilines is 1. The number of primary amides is 1. The molecule has 0 fully saturated rings. The summed E-state index contributed by atoms with van der Waals surface area (Å²) in [6, 6.07) is 8.32. The fraction of sp³-hybridized carbons (Fsp3) is 0.125. The summed E-state index contributed by atoms with van der Waals surface area (Å²) >= 11 is 0. The highest BCUT2D eigenvalue weighted by atomic mass is 19.1. The van der Waals surface area contributed by atoms with Gasteiger partial charge in [-0.15, -0.1) is 0 Å². The Hall–Kier alpha value is -2.96. The molecule has 0 heterocycles. The van der Waals surface area contributed by atoms with Gasteiger partial charge in [0.05, 0.1) is 11.6 Å². The number of hydrogen-bond donors (Lipinski definition) is 3. The molecule has 2 rings (SSSR count). The normalized spacial score (nSPS) is 11.6.